The molecule has 0 aliphatic rings. The molecular weight excluding hydrogens is 322 g/mol. The summed E-state index contributed by atoms with van der Waals surface area (Å²) in [6.07, 6.45) is 1.35. The number of carboxylic acids is 1. The van der Waals surface area contributed by atoms with E-state index in [1.807, 2.05) is 6.07 Å². The molecule has 2 aromatic carbocycles. The van der Waals surface area contributed by atoms with Gasteiger partial charge in [-0.1, -0.05) is 6.07 Å². The van der Waals surface area contributed by atoms with Crippen LogP contribution < -0.4 is 10.2 Å². The molecule has 0 aliphatic heterocycles. The molecule has 0 atom stereocenters. The lowest BCUT2D eigenvalue weighted by atomic mass is 10.2. The number of benzene rings is 2. The maximum absolute atomic E-state index is 12.2. The number of phenolic OH excluding ortho intramolecular Hbond substituents is 1. The summed E-state index contributed by atoms with van der Waals surface area (Å²) in [6.45, 7) is 0. The quantitative estimate of drug-likeness (QED) is 0.571. The van der Waals surface area contributed by atoms with Gasteiger partial charge < -0.3 is 20.4 Å². The van der Waals surface area contributed by atoms with E-state index < -0.39 is 11.9 Å². The first-order chi connectivity index (χ1) is 11.9. The normalized spacial score (nSPS) is 10.6. The number of nitriles is 1. The van der Waals surface area contributed by atoms with Crippen LogP contribution in [0.3, 0.4) is 0 Å². The highest BCUT2D eigenvalue weighted by molar-refractivity contribution is 6.07. The number of anilines is 2. The third-order valence-corrected chi connectivity index (χ3v) is 3.31. The van der Waals surface area contributed by atoms with Crippen molar-refractivity contribution < 1.29 is 19.8 Å². The summed E-state index contributed by atoms with van der Waals surface area (Å²) in [5.41, 5.74) is 0.822. The van der Waals surface area contributed by atoms with Gasteiger partial charge in [0.15, 0.2) is 0 Å². The Morgan fingerprint density at radius 2 is 1.88 bits per heavy atom. The molecule has 0 heterocycles. The van der Waals surface area contributed by atoms with Crippen LogP contribution >= 0.6 is 0 Å². The molecule has 0 aliphatic carbocycles. The zero-order valence-corrected chi connectivity index (χ0v) is 13.3. The van der Waals surface area contributed by atoms with E-state index in [1.165, 1.54) is 42.6 Å². The Bertz CT molecular complexity index is 867. The van der Waals surface area contributed by atoms with Gasteiger partial charge in [-0.2, -0.15) is 5.26 Å². The Kier molecular flexibility index (Phi) is 5.38. The third kappa shape index (κ3) is 4.59. The largest absolute Gasteiger partial charge is 0.508 e. The molecule has 0 spiro atoms. The number of carbonyl (C=O) groups excluding carboxylic acids is 1. The second kappa shape index (κ2) is 7.66. The van der Waals surface area contributed by atoms with Crippen LogP contribution in [0.25, 0.3) is 0 Å². The van der Waals surface area contributed by atoms with Crippen LogP contribution in [0.5, 0.6) is 5.75 Å². The number of nitrogens with zero attached hydrogens (tertiary/aromatic N) is 2. The average molecular weight is 337 g/mol. The van der Waals surface area contributed by atoms with E-state index in [0.29, 0.717) is 5.69 Å². The molecule has 7 nitrogen and oxygen atoms in total. The molecule has 3 N–H and O–H groups in total. The number of nitrogens with one attached hydrogen (secondary N) is 1. The molecule has 0 saturated carbocycles. The minimum absolute atomic E-state index is 0.0292. The molecule has 7 heteroatoms. The first kappa shape index (κ1) is 17.6. The van der Waals surface area contributed by atoms with Crippen molar-refractivity contribution in [3.63, 3.8) is 0 Å². The Morgan fingerprint density at radius 3 is 2.48 bits per heavy atom. The fourth-order valence-corrected chi connectivity index (χ4v) is 2.02. The van der Waals surface area contributed by atoms with Crippen molar-refractivity contribution in [3.05, 3.63) is 65.9 Å². The summed E-state index contributed by atoms with van der Waals surface area (Å²) in [5.74, 6) is -1.66. The lowest BCUT2D eigenvalue weighted by Crippen LogP contribution is -2.18. The van der Waals surface area contributed by atoms with Crippen molar-refractivity contribution in [1.82, 2.24) is 0 Å². The van der Waals surface area contributed by atoms with E-state index in [9.17, 15) is 20.0 Å². The van der Waals surface area contributed by atoms with E-state index in [4.69, 9.17) is 5.11 Å². The summed E-state index contributed by atoms with van der Waals surface area (Å²) in [5, 5.41) is 30.0. The van der Waals surface area contributed by atoms with E-state index in [2.05, 4.69) is 5.32 Å². The molecule has 0 unspecified atom stereocenters. The standard InChI is InChI=1S/C18H15N3O4/c1-21(15-5-7-16(22)8-6-15)11-13(10-19)17(23)20-14-4-2-3-12(9-14)18(24)25/h2-9,11,22H,1H3,(H,20,23)(H,24,25)/b13-11-. The fourth-order valence-electron chi connectivity index (χ4n) is 2.02. The van der Waals surface area contributed by atoms with Gasteiger partial charge in [0.25, 0.3) is 5.91 Å². The van der Waals surface area contributed by atoms with Gasteiger partial charge in [-0.3, -0.25) is 4.79 Å². The van der Waals surface area contributed by atoms with Gasteiger partial charge in [0, 0.05) is 24.6 Å². The number of aromatic carboxylic acids is 1. The number of hydrogen-bond acceptors (Lipinski definition) is 5. The Morgan fingerprint density at radius 1 is 1.20 bits per heavy atom. The average Bonchev–Trinajstić information content (AvgIpc) is 2.60. The van der Waals surface area contributed by atoms with Crippen LogP contribution in [0.15, 0.2) is 60.3 Å². The van der Waals surface area contributed by atoms with Gasteiger partial charge in [-0.05, 0) is 42.5 Å². The van der Waals surface area contributed by atoms with Gasteiger partial charge in [0.2, 0.25) is 0 Å². The summed E-state index contributed by atoms with van der Waals surface area (Å²) >= 11 is 0. The number of aromatic hydroxyl groups is 1. The zero-order chi connectivity index (χ0) is 18.4. The highest BCUT2D eigenvalue weighted by atomic mass is 16.4. The molecule has 25 heavy (non-hydrogen) atoms. The summed E-state index contributed by atoms with van der Waals surface area (Å²) in [7, 11) is 1.65. The van der Waals surface area contributed by atoms with E-state index in [1.54, 1.807) is 24.1 Å². The van der Waals surface area contributed by atoms with Crippen molar-refractivity contribution in [2.45, 2.75) is 0 Å². The molecule has 2 aromatic rings. The predicted octanol–water partition coefficient (Wildman–Crippen LogP) is 2.57. The Labute approximate surface area is 144 Å². The van der Waals surface area contributed by atoms with Gasteiger partial charge in [0.05, 0.1) is 5.56 Å². The highest BCUT2D eigenvalue weighted by Crippen LogP contribution is 2.18. The van der Waals surface area contributed by atoms with Crippen molar-refractivity contribution in [2.75, 3.05) is 17.3 Å². The molecule has 1 amide bonds. The first-order valence-corrected chi connectivity index (χ1v) is 7.19. The van der Waals surface area contributed by atoms with Gasteiger partial charge in [0.1, 0.15) is 17.4 Å². The van der Waals surface area contributed by atoms with Crippen molar-refractivity contribution in [1.29, 1.82) is 5.26 Å². The molecule has 2 rings (SSSR count). The molecule has 0 saturated heterocycles. The first-order valence-electron chi connectivity index (χ1n) is 7.19. The summed E-state index contributed by atoms with van der Waals surface area (Å²) in [6, 6.07) is 13.8. The monoisotopic (exact) mass is 337 g/mol. The number of carboxylic acid groups (broad SMARTS) is 1. The van der Waals surface area contributed by atoms with Crippen LogP contribution in [0.1, 0.15) is 10.4 Å². The van der Waals surface area contributed by atoms with Crippen molar-refractivity contribution in [3.8, 4) is 11.8 Å². The number of phenols is 1. The van der Waals surface area contributed by atoms with E-state index >= 15 is 0 Å². The lowest BCUT2D eigenvalue weighted by Gasteiger charge is -2.15. The number of rotatable bonds is 5. The maximum atomic E-state index is 12.2. The lowest BCUT2D eigenvalue weighted by molar-refractivity contribution is -0.112. The topological polar surface area (TPSA) is 114 Å². The summed E-state index contributed by atoms with van der Waals surface area (Å²) < 4.78 is 0. The minimum Gasteiger partial charge on any atom is -0.508 e. The fraction of sp³-hybridized carbons (Fsp3) is 0.0556. The van der Waals surface area contributed by atoms with Gasteiger partial charge in [-0.15, -0.1) is 0 Å². The number of carbonyl (C=O) groups is 2. The Balaban J connectivity index is 2.18. The van der Waals surface area contributed by atoms with Crippen LogP contribution in [0.2, 0.25) is 0 Å². The Hall–Kier alpha value is -3.79. The van der Waals surface area contributed by atoms with Gasteiger partial charge >= 0.3 is 5.97 Å². The molecule has 0 fully saturated rings. The molecular formula is C18H15N3O4. The van der Waals surface area contributed by atoms with Gasteiger partial charge in [-0.25, -0.2) is 4.79 Å². The van der Waals surface area contributed by atoms with Crippen LogP contribution in [-0.2, 0) is 4.79 Å². The second-order valence-electron chi connectivity index (χ2n) is 5.12. The molecule has 0 bridgehead atoms. The molecule has 126 valence electrons. The van der Waals surface area contributed by atoms with E-state index in [0.717, 1.165) is 0 Å². The minimum atomic E-state index is -1.11. The number of amides is 1. The van der Waals surface area contributed by atoms with Crippen molar-refractivity contribution in [2.24, 2.45) is 0 Å². The second-order valence-corrected chi connectivity index (χ2v) is 5.12. The smallest absolute Gasteiger partial charge is 0.335 e. The van der Waals surface area contributed by atoms with Crippen LogP contribution in [-0.4, -0.2) is 29.1 Å². The zero-order valence-electron chi connectivity index (χ0n) is 13.3. The van der Waals surface area contributed by atoms with Crippen molar-refractivity contribution >= 4 is 23.3 Å². The SMILES string of the molecule is CN(/C=C(/C#N)C(=O)Nc1cccc(C(=O)O)c1)c1ccc(O)cc1. The van der Waals surface area contributed by atoms with E-state index in [-0.39, 0.29) is 22.6 Å². The third-order valence-electron chi connectivity index (χ3n) is 3.31. The molecule has 0 radical (unpaired) electrons. The predicted molar refractivity (Wildman–Crippen MR) is 92.2 cm³/mol. The summed E-state index contributed by atoms with van der Waals surface area (Å²) in [4.78, 5) is 24.7. The van der Waals surface area contributed by atoms with Crippen LogP contribution in [0.4, 0.5) is 11.4 Å². The molecule has 0 aromatic heterocycles. The highest BCUT2D eigenvalue weighted by Gasteiger charge is 2.12. The van der Waals surface area contributed by atoms with Crippen LogP contribution in [0, 0.1) is 11.3 Å². The number of hydrogen-bond donors (Lipinski definition) is 3. The maximum Gasteiger partial charge on any atom is 0.335 e.